The van der Waals surface area contributed by atoms with E-state index in [0.717, 1.165) is 6.54 Å². The number of para-hydroxylation sites is 1. The molecule has 120 valence electrons. The highest BCUT2D eigenvalue weighted by Gasteiger charge is 2.18. The standard InChI is InChI=1S/C22H20BrN/c1-14-15(2)22-20(16(3)21(14)23)18-11-7-8-12-19(18)24(22)13-17-9-5-4-6-10-17/h4-12H,13H2,1-3H3. The summed E-state index contributed by atoms with van der Waals surface area (Å²) in [5, 5.41) is 2.71. The number of nitrogens with zero attached hydrogens (tertiary/aromatic N) is 1. The lowest BCUT2D eigenvalue weighted by Crippen LogP contribution is -2.01. The van der Waals surface area contributed by atoms with Gasteiger partial charge in [0.25, 0.3) is 0 Å². The van der Waals surface area contributed by atoms with E-state index in [2.05, 4.69) is 95.9 Å². The second kappa shape index (κ2) is 5.78. The minimum atomic E-state index is 0.895. The van der Waals surface area contributed by atoms with E-state index in [0.29, 0.717) is 0 Å². The highest BCUT2D eigenvalue weighted by molar-refractivity contribution is 9.10. The first kappa shape index (κ1) is 15.5. The third-order valence-electron chi connectivity index (χ3n) is 5.11. The fourth-order valence-electron chi connectivity index (χ4n) is 3.74. The molecule has 2 heteroatoms. The molecule has 0 N–H and O–H groups in total. The minimum absolute atomic E-state index is 0.895. The first-order valence-electron chi connectivity index (χ1n) is 8.29. The molecule has 24 heavy (non-hydrogen) atoms. The summed E-state index contributed by atoms with van der Waals surface area (Å²) in [5.74, 6) is 0. The van der Waals surface area contributed by atoms with Crippen molar-refractivity contribution in [1.29, 1.82) is 0 Å². The van der Waals surface area contributed by atoms with Crippen LogP contribution >= 0.6 is 15.9 Å². The summed E-state index contributed by atoms with van der Waals surface area (Å²) in [4.78, 5) is 0. The Labute approximate surface area is 151 Å². The van der Waals surface area contributed by atoms with E-state index in [4.69, 9.17) is 0 Å². The molecule has 0 radical (unpaired) electrons. The van der Waals surface area contributed by atoms with Gasteiger partial charge in [0, 0.05) is 27.3 Å². The van der Waals surface area contributed by atoms with Crippen molar-refractivity contribution in [2.24, 2.45) is 0 Å². The molecule has 4 rings (SSSR count). The molecule has 0 fully saturated rings. The van der Waals surface area contributed by atoms with Gasteiger partial charge in [0.1, 0.15) is 0 Å². The normalized spacial score (nSPS) is 11.5. The summed E-state index contributed by atoms with van der Waals surface area (Å²) in [6, 6.07) is 19.5. The van der Waals surface area contributed by atoms with E-state index < -0.39 is 0 Å². The fraction of sp³-hybridized carbons (Fsp3) is 0.182. The summed E-state index contributed by atoms with van der Waals surface area (Å²) in [5.41, 5.74) is 8.01. The van der Waals surface area contributed by atoms with Crippen LogP contribution in [0.15, 0.2) is 59.1 Å². The highest BCUT2D eigenvalue weighted by Crippen LogP contribution is 2.39. The first-order valence-corrected chi connectivity index (χ1v) is 9.09. The summed E-state index contributed by atoms with van der Waals surface area (Å²) in [6.07, 6.45) is 0. The van der Waals surface area contributed by atoms with Crippen molar-refractivity contribution < 1.29 is 0 Å². The Balaban J connectivity index is 2.14. The van der Waals surface area contributed by atoms with E-state index in [1.165, 1.54) is 48.5 Å². The monoisotopic (exact) mass is 377 g/mol. The summed E-state index contributed by atoms with van der Waals surface area (Å²) in [7, 11) is 0. The molecule has 1 aromatic heterocycles. The lowest BCUT2D eigenvalue weighted by molar-refractivity contribution is 0.865. The second-order valence-electron chi connectivity index (χ2n) is 6.50. The summed E-state index contributed by atoms with van der Waals surface area (Å²) in [6.45, 7) is 7.56. The number of benzene rings is 3. The number of rotatable bonds is 2. The Morgan fingerprint density at radius 2 is 1.46 bits per heavy atom. The van der Waals surface area contributed by atoms with Crippen LogP contribution in [0.2, 0.25) is 0 Å². The average Bonchev–Trinajstić information content (AvgIpc) is 2.94. The number of halogens is 1. The van der Waals surface area contributed by atoms with Crippen LogP contribution in [0.4, 0.5) is 0 Å². The van der Waals surface area contributed by atoms with Gasteiger partial charge < -0.3 is 4.57 Å². The van der Waals surface area contributed by atoms with Gasteiger partial charge in [-0.25, -0.2) is 0 Å². The smallest absolute Gasteiger partial charge is 0.0530 e. The van der Waals surface area contributed by atoms with Gasteiger partial charge in [-0.05, 0) is 49.1 Å². The van der Waals surface area contributed by atoms with E-state index in [9.17, 15) is 0 Å². The van der Waals surface area contributed by atoms with Crippen molar-refractivity contribution in [2.45, 2.75) is 27.3 Å². The van der Waals surface area contributed by atoms with E-state index >= 15 is 0 Å². The average molecular weight is 378 g/mol. The third kappa shape index (κ3) is 2.21. The number of hydrogen-bond donors (Lipinski definition) is 0. The molecule has 0 saturated heterocycles. The lowest BCUT2D eigenvalue weighted by Gasteiger charge is -2.14. The summed E-state index contributed by atoms with van der Waals surface area (Å²) >= 11 is 3.80. The molecule has 0 spiro atoms. The Morgan fingerprint density at radius 3 is 2.21 bits per heavy atom. The fourth-order valence-corrected chi connectivity index (χ4v) is 4.23. The molecule has 3 aromatic carbocycles. The Hall–Kier alpha value is -2.06. The van der Waals surface area contributed by atoms with Crippen LogP contribution in [0.5, 0.6) is 0 Å². The molecule has 0 atom stereocenters. The van der Waals surface area contributed by atoms with Crippen molar-refractivity contribution >= 4 is 37.7 Å². The zero-order chi connectivity index (χ0) is 16.8. The molecular weight excluding hydrogens is 358 g/mol. The number of aryl methyl sites for hydroxylation is 2. The van der Waals surface area contributed by atoms with Crippen LogP contribution in [-0.4, -0.2) is 4.57 Å². The van der Waals surface area contributed by atoms with Crippen molar-refractivity contribution in [2.75, 3.05) is 0 Å². The molecule has 0 aliphatic rings. The van der Waals surface area contributed by atoms with Crippen LogP contribution in [0.25, 0.3) is 21.8 Å². The minimum Gasteiger partial charge on any atom is -0.336 e. The number of aromatic nitrogens is 1. The van der Waals surface area contributed by atoms with Crippen LogP contribution < -0.4 is 0 Å². The SMILES string of the molecule is Cc1c(Br)c(C)c2c3ccccc3n(Cc3ccccc3)c2c1C. The van der Waals surface area contributed by atoms with Gasteiger partial charge in [0.15, 0.2) is 0 Å². The van der Waals surface area contributed by atoms with Gasteiger partial charge >= 0.3 is 0 Å². The second-order valence-corrected chi connectivity index (χ2v) is 7.29. The van der Waals surface area contributed by atoms with Gasteiger partial charge in [0.2, 0.25) is 0 Å². The summed E-state index contributed by atoms with van der Waals surface area (Å²) < 4.78 is 3.71. The van der Waals surface area contributed by atoms with Crippen LogP contribution in [0, 0.1) is 20.8 Å². The van der Waals surface area contributed by atoms with E-state index in [-0.39, 0.29) is 0 Å². The Kier molecular flexibility index (Phi) is 3.73. The van der Waals surface area contributed by atoms with Gasteiger partial charge in [0.05, 0.1) is 5.52 Å². The van der Waals surface area contributed by atoms with E-state index in [1.54, 1.807) is 0 Å². The molecule has 0 saturated carbocycles. The molecule has 1 heterocycles. The Bertz CT molecular complexity index is 1060. The zero-order valence-corrected chi connectivity index (χ0v) is 15.8. The number of fused-ring (bicyclic) bond motifs is 3. The predicted octanol–water partition coefficient (Wildman–Crippen LogP) is 6.53. The topological polar surface area (TPSA) is 4.93 Å². The van der Waals surface area contributed by atoms with Crippen molar-refractivity contribution in [3.8, 4) is 0 Å². The van der Waals surface area contributed by atoms with Crippen molar-refractivity contribution in [1.82, 2.24) is 4.57 Å². The van der Waals surface area contributed by atoms with Crippen LogP contribution in [-0.2, 0) is 6.54 Å². The molecule has 0 bridgehead atoms. The molecule has 0 aliphatic carbocycles. The number of hydrogen-bond acceptors (Lipinski definition) is 0. The largest absolute Gasteiger partial charge is 0.336 e. The lowest BCUT2D eigenvalue weighted by atomic mass is 10.00. The van der Waals surface area contributed by atoms with E-state index in [1.807, 2.05) is 0 Å². The molecule has 0 aliphatic heterocycles. The highest BCUT2D eigenvalue weighted by atomic mass is 79.9. The van der Waals surface area contributed by atoms with Crippen molar-refractivity contribution in [3.63, 3.8) is 0 Å². The molecule has 4 aromatic rings. The Morgan fingerprint density at radius 1 is 0.792 bits per heavy atom. The van der Waals surface area contributed by atoms with Gasteiger partial charge in [-0.15, -0.1) is 0 Å². The van der Waals surface area contributed by atoms with Gasteiger partial charge in [-0.2, -0.15) is 0 Å². The molecule has 0 unspecified atom stereocenters. The third-order valence-corrected chi connectivity index (χ3v) is 6.30. The maximum absolute atomic E-state index is 3.80. The van der Waals surface area contributed by atoms with Crippen LogP contribution in [0.3, 0.4) is 0 Å². The first-order chi connectivity index (χ1) is 11.6. The van der Waals surface area contributed by atoms with Gasteiger partial charge in [-0.3, -0.25) is 0 Å². The predicted molar refractivity (Wildman–Crippen MR) is 107 cm³/mol. The maximum atomic E-state index is 3.80. The molecule has 1 nitrogen and oxygen atoms in total. The van der Waals surface area contributed by atoms with Crippen molar-refractivity contribution in [3.05, 3.63) is 81.3 Å². The molecule has 0 amide bonds. The van der Waals surface area contributed by atoms with Crippen LogP contribution in [0.1, 0.15) is 22.3 Å². The maximum Gasteiger partial charge on any atom is 0.0530 e. The van der Waals surface area contributed by atoms with Gasteiger partial charge in [-0.1, -0.05) is 64.5 Å². The zero-order valence-electron chi connectivity index (χ0n) is 14.2. The quantitative estimate of drug-likeness (QED) is 0.374. The molecular formula is C22H20BrN.